The molecule has 27 heavy (non-hydrogen) atoms. The lowest BCUT2D eigenvalue weighted by atomic mass is 9.94. The molecule has 2 aliphatic rings. The van der Waals surface area contributed by atoms with Gasteiger partial charge in [0.15, 0.2) is 11.8 Å². The molecule has 1 aromatic rings. The molecule has 2 amide bonds. The van der Waals surface area contributed by atoms with E-state index >= 15 is 4.39 Å². The molecule has 2 aliphatic heterocycles. The fourth-order valence-electron chi connectivity index (χ4n) is 3.15. The molecule has 0 radical (unpaired) electrons. The third kappa shape index (κ3) is 3.28. The van der Waals surface area contributed by atoms with Gasteiger partial charge in [0.05, 0.1) is 11.7 Å². The average Bonchev–Trinajstić information content (AvgIpc) is 2.84. The van der Waals surface area contributed by atoms with E-state index in [1.807, 2.05) is 0 Å². The van der Waals surface area contributed by atoms with Crippen LogP contribution in [0, 0.1) is 0 Å². The van der Waals surface area contributed by atoms with Gasteiger partial charge in [-0.2, -0.15) is 0 Å². The monoisotopic (exact) mass is 381 g/mol. The van der Waals surface area contributed by atoms with Gasteiger partial charge in [0, 0.05) is 12.6 Å². The van der Waals surface area contributed by atoms with E-state index in [2.05, 4.69) is 5.32 Å². The molecule has 7 nitrogen and oxygen atoms in total. The number of hydrogen-bond donors (Lipinski definition) is 2. The summed E-state index contributed by atoms with van der Waals surface area (Å²) in [6, 6.07) is 7.18. The summed E-state index contributed by atoms with van der Waals surface area (Å²) in [4.78, 5) is 25.7. The summed E-state index contributed by atoms with van der Waals surface area (Å²) in [7, 11) is 0. The largest absolute Gasteiger partial charge is 0.448 e. The van der Waals surface area contributed by atoms with E-state index in [0.29, 0.717) is 0 Å². The van der Waals surface area contributed by atoms with Crippen molar-refractivity contribution in [3.8, 4) is 0 Å². The van der Waals surface area contributed by atoms with Crippen molar-refractivity contribution < 1.29 is 27.8 Å². The van der Waals surface area contributed by atoms with Gasteiger partial charge in [0.25, 0.3) is 0 Å². The highest BCUT2D eigenvalue weighted by molar-refractivity contribution is 5.89. The van der Waals surface area contributed by atoms with Crippen LogP contribution in [-0.4, -0.2) is 46.9 Å². The molecule has 3 rings (SSSR count). The summed E-state index contributed by atoms with van der Waals surface area (Å²) >= 11 is 0. The molecule has 5 atom stereocenters. The van der Waals surface area contributed by atoms with Crippen molar-refractivity contribution in [2.75, 3.05) is 0 Å². The molecule has 1 unspecified atom stereocenters. The van der Waals surface area contributed by atoms with Gasteiger partial charge in [0.1, 0.15) is 0 Å². The highest BCUT2D eigenvalue weighted by atomic mass is 19.2. The van der Waals surface area contributed by atoms with Gasteiger partial charge in [-0.3, -0.25) is 4.90 Å². The van der Waals surface area contributed by atoms with Crippen molar-refractivity contribution >= 4 is 12.0 Å². The molecular formula is C18H21F2N3O4. The fourth-order valence-corrected chi connectivity index (χ4v) is 3.15. The highest BCUT2D eigenvalue weighted by Crippen LogP contribution is 2.47. The molecular weight excluding hydrogens is 360 g/mol. The third-order valence-corrected chi connectivity index (χ3v) is 4.72. The third-order valence-electron chi connectivity index (χ3n) is 4.72. The minimum absolute atomic E-state index is 0.165. The van der Waals surface area contributed by atoms with Crippen LogP contribution in [-0.2, 0) is 9.47 Å². The topological polar surface area (TPSA) is 93.9 Å². The molecule has 146 valence electrons. The lowest BCUT2D eigenvalue weighted by Gasteiger charge is -2.37. The smallest absolute Gasteiger partial charge is 0.338 e. The van der Waals surface area contributed by atoms with Crippen LogP contribution >= 0.6 is 0 Å². The number of alkyl halides is 2. The van der Waals surface area contributed by atoms with E-state index in [1.165, 1.54) is 38.3 Å². The Morgan fingerprint density at radius 2 is 2.07 bits per heavy atom. The number of nitrogens with zero attached hydrogens (tertiary/aromatic N) is 1. The van der Waals surface area contributed by atoms with Gasteiger partial charge in [0.2, 0.25) is 12.0 Å². The van der Waals surface area contributed by atoms with Gasteiger partial charge in [-0.05, 0) is 25.1 Å². The van der Waals surface area contributed by atoms with Crippen LogP contribution in [0.5, 0.6) is 0 Å². The number of halogens is 2. The number of esters is 1. The molecule has 9 heteroatoms. The second-order valence-corrected chi connectivity index (χ2v) is 6.64. The summed E-state index contributed by atoms with van der Waals surface area (Å²) in [6.45, 7) is 2.60. The summed E-state index contributed by atoms with van der Waals surface area (Å²) in [5.41, 5.74) is 3.68. The van der Waals surface area contributed by atoms with Gasteiger partial charge in [-0.1, -0.05) is 25.1 Å². The van der Waals surface area contributed by atoms with Gasteiger partial charge < -0.3 is 20.5 Å². The number of amides is 2. The Morgan fingerprint density at radius 3 is 2.67 bits per heavy atom. The predicted octanol–water partition coefficient (Wildman–Crippen LogP) is 2.20. The first-order chi connectivity index (χ1) is 12.7. The number of carbonyl (C=O) groups is 2. The average molecular weight is 381 g/mol. The zero-order chi connectivity index (χ0) is 19.8. The van der Waals surface area contributed by atoms with Gasteiger partial charge >= 0.3 is 12.0 Å². The van der Waals surface area contributed by atoms with Crippen LogP contribution in [0.1, 0.15) is 30.6 Å². The Bertz CT molecular complexity index is 762. The minimum Gasteiger partial charge on any atom is -0.448 e. The van der Waals surface area contributed by atoms with E-state index < -0.39 is 42.0 Å². The van der Waals surface area contributed by atoms with E-state index in [9.17, 15) is 14.0 Å². The summed E-state index contributed by atoms with van der Waals surface area (Å²) in [6.07, 6.45) is -2.23. The van der Waals surface area contributed by atoms with Crippen LogP contribution in [0.3, 0.4) is 0 Å². The number of rotatable bonds is 4. The molecule has 0 spiro atoms. The Morgan fingerprint density at radius 1 is 1.41 bits per heavy atom. The van der Waals surface area contributed by atoms with Crippen LogP contribution in [0.4, 0.5) is 13.6 Å². The Hall–Kier alpha value is -2.52. The van der Waals surface area contributed by atoms with Gasteiger partial charge in [-0.25, -0.2) is 18.4 Å². The molecule has 0 bridgehead atoms. The molecule has 0 saturated carbocycles. The summed E-state index contributed by atoms with van der Waals surface area (Å²) in [5, 5.41) is 2.40. The van der Waals surface area contributed by atoms with Crippen LogP contribution in [0.2, 0.25) is 0 Å². The molecule has 1 saturated heterocycles. The van der Waals surface area contributed by atoms with Crippen molar-refractivity contribution in [3.63, 3.8) is 0 Å². The van der Waals surface area contributed by atoms with E-state index in [-0.39, 0.29) is 12.0 Å². The molecule has 0 aliphatic carbocycles. The Balaban J connectivity index is 1.96. The lowest BCUT2D eigenvalue weighted by molar-refractivity contribution is -0.181. The number of nitrogens with two attached hydrogens (primary N) is 1. The van der Waals surface area contributed by atoms with Crippen molar-refractivity contribution in [1.82, 2.24) is 10.2 Å². The van der Waals surface area contributed by atoms with Crippen molar-refractivity contribution in [1.29, 1.82) is 0 Å². The van der Waals surface area contributed by atoms with Crippen molar-refractivity contribution in [3.05, 3.63) is 48.2 Å². The van der Waals surface area contributed by atoms with E-state index in [1.54, 1.807) is 18.2 Å². The fraction of sp³-hybridized carbons (Fsp3) is 0.444. The quantitative estimate of drug-likeness (QED) is 0.780. The number of nitrogens with one attached hydrogen (secondary N) is 1. The first kappa shape index (κ1) is 19.2. The van der Waals surface area contributed by atoms with Crippen molar-refractivity contribution in [2.24, 2.45) is 5.73 Å². The minimum atomic E-state index is -2.72. The second-order valence-electron chi connectivity index (χ2n) is 6.64. The van der Waals surface area contributed by atoms with E-state index in [4.69, 9.17) is 15.2 Å². The number of ether oxygens (including phenoxy) is 2. The maximum Gasteiger partial charge on any atom is 0.338 e. The first-order valence-electron chi connectivity index (χ1n) is 8.53. The number of benzene rings is 1. The first-order valence-corrected chi connectivity index (χ1v) is 8.53. The maximum absolute atomic E-state index is 15.1. The Labute approximate surface area is 155 Å². The zero-order valence-electron chi connectivity index (χ0n) is 14.9. The highest BCUT2D eigenvalue weighted by Gasteiger charge is 2.67. The normalized spacial score (nSPS) is 35.8. The molecule has 2 heterocycles. The summed E-state index contributed by atoms with van der Waals surface area (Å²) in [5.74, 6) is -3.57. The molecule has 3 N–H and O–H groups in total. The predicted molar refractivity (Wildman–Crippen MR) is 91.6 cm³/mol. The molecule has 1 aromatic carbocycles. The number of urea groups is 1. The van der Waals surface area contributed by atoms with Crippen LogP contribution in [0.25, 0.3) is 0 Å². The number of hydrogen-bond acceptors (Lipinski definition) is 5. The van der Waals surface area contributed by atoms with Crippen LogP contribution < -0.4 is 11.1 Å². The molecule has 0 aromatic heterocycles. The molecule has 1 fully saturated rings. The van der Waals surface area contributed by atoms with E-state index in [0.717, 1.165) is 4.90 Å². The van der Waals surface area contributed by atoms with Gasteiger partial charge in [-0.15, -0.1) is 0 Å². The zero-order valence-corrected chi connectivity index (χ0v) is 14.9. The maximum atomic E-state index is 15.1. The van der Waals surface area contributed by atoms with Crippen molar-refractivity contribution in [2.45, 2.75) is 50.3 Å². The second kappa shape index (κ2) is 6.90. The Kier molecular flexibility index (Phi) is 4.92. The lowest BCUT2D eigenvalue weighted by Crippen LogP contribution is -2.59. The SMILES string of the molecule is CC[C@@]1(F)O[C@@H](N2C=CC(N)NC2=O)[C@](C)(OC(=O)c2ccccc2)[C@@H]1F. The number of carbonyl (C=O) groups excluding carboxylic acids is 2. The standard InChI is InChI=1S/C18H21F2N3O4/c1-3-18(20)14(19)17(2,26-13(24)11-7-5-4-6-8-11)15(27-18)23-10-9-12(21)22-16(23)25/h4-10,12,14-15H,3,21H2,1-2H3,(H,22,25)/t12?,14-,15+,17+,18+/m0/s1. The summed E-state index contributed by atoms with van der Waals surface area (Å²) < 4.78 is 40.8. The van der Waals surface area contributed by atoms with Crippen LogP contribution in [0.15, 0.2) is 42.6 Å².